The largest absolute Gasteiger partial charge is 0.462 e. The number of allylic oxidation sites excluding steroid dienone is 6. The van der Waals surface area contributed by atoms with Crippen molar-refractivity contribution in [1.82, 2.24) is 0 Å². The molecule has 0 radical (unpaired) electrons. The summed E-state index contributed by atoms with van der Waals surface area (Å²) in [7, 11) is 0. The third-order valence-corrected chi connectivity index (χ3v) is 13.6. The van der Waals surface area contributed by atoms with Crippen LogP contribution in [0.5, 0.6) is 0 Å². The molecule has 69 heavy (non-hydrogen) atoms. The molecule has 1 unspecified atom stereocenters. The molecule has 0 rings (SSSR count). The number of carbonyl (C=O) groups is 3. The lowest BCUT2D eigenvalue weighted by molar-refractivity contribution is -0.167. The van der Waals surface area contributed by atoms with Crippen LogP contribution < -0.4 is 0 Å². The molecule has 0 aromatic heterocycles. The van der Waals surface area contributed by atoms with Crippen LogP contribution in [-0.2, 0) is 28.6 Å². The van der Waals surface area contributed by atoms with Crippen LogP contribution in [-0.4, -0.2) is 37.2 Å². The minimum Gasteiger partial charge on any atom is -0.462 e. The lowest BCUT2D eigenvalue weighted by atomic mass is 10.0. The Bertz CT molecular complexity index is 1160. The molecule has 0 saturated carbocycles. The molecule has 0 fully saturated rings. The Hall–Kier alpha value is -2.37. The number of ether oxygens (including phenoxy) is 3. The maximum Gasteiger partial charge on any atom is 0.306 e. The Morgan fingerprint density at radius 2 is 0.522 bits per heavy atom. The Kier molecular flexibility index (Phi) is 56.2. The maximum absolute atomic E-state index is 12.9. The van der Waals surface area contributed by atoms with E-state index in [4.69, 9.17) is 14.2 Å². The first-order valence-electron chi connectivity index (χ1n) is 30.5. The van der Waals surface area contributed by atoms with E-state index in [1.165, 1.54) is 218 Å². The van der Waals surface area contributed by atoms with E-state index in [0.717, 1.165) is 70.6 Å². The second-order valence-corrected chi connectivity index (χ2v) is 20.6. The van der Waals surface area contributed by atoms with Crippen molar-refractivity contribution >= 4 is 17.9 Å². The molecular formula is C63H116O6. The summed E-state index contributed by atoms with van der Waals surface area (Å²) in [6, 6.07) is 0. The molecule has 0 spiro atoms. The SMILES string of the molecule is CCCCCC/C=C\C/C=C\CCCCCCCCCC(=O)OC(COC(=O)CCCCCCCCCCCC)COC(=O)CCCCCCCCCCCCC/C=C\CCCCCCCCCC. The third kappa shape index (κ3) is 56.4. The fourth-order valence-electron chi connectivity index (χ4n) is 9.00. The summed E-state index contributed by atoms with van der Waals surface area (Å²) in [5.41, 5.74) is 0. The Labute approximate surface area is 429 Å². The molecule has 0 aliphatic rings. The number of hydrogen-bond donors (Lipinski definition) is 0. The fourth-order valence-corrected chi connectivity index (χ4v) is 9.00. The van der Waals surface area contributed by atoms with Crippen molar-refractivity contribution in [2.45, 2.75) is 335 Å². The van der Waals surface area contributed by atoms with E-state index in [2.05, 4.69) is 57.2 Å². The molecule has 0 amide bonds. The number of carbonyl (C=O) groups excluding carboxylic acids is 3. The van der Waals surface area contributed by atoms with Gasteiger partial charge in [0, 0.05) is 19.3 Å². The summed E-state index contributed by atoms with van der Waals surface area (Å²) in [5, 5.41) is 0. The minimum atomic E-state index is -0.773. The van der Waals surface area contributed by atoms with Gasteiger partial charge < -0.3 is 14.2 Å². The summed E-state index contributed by atoms with van der Waals surface area (Å²) in [4.78, 5) is 38.1. The Morgan fingerprint density at radius 1 is 0.290 bits per heavy atom. The first kappa shape index (κ1) is 66.6. The molecule has 6 nitrogen and oxygen atoms in total. The number of esters is 3. The van der Waals surface area contributed by atoms with Crippen LogP contribution in [0.15, 0.2) is 36.5 Å². The summed E-state index contributed by atoms with van der Waals surface area (Å²) >= 11 is 0. The van der Waals surface area contributed by atoms with Gasteiger partial charge in [0.25, 0.3) is 0 Å². The summed E-state index contributed by atoms with van der Waals surface area (Å²) in [5.74, 6) is -0.864. The minimum absolute atomic E-state index is 0.0720. The second kappa shape index (κ2) is 58.2. The number of rotatable bonds is 56. The van der Waals surface area contributed by atoms with E-state index in [9.17, 15) is 14.4 Å². The van der Waals surface area contributed by atoms with Crippen LogP contribution in [0.3, 0.4) is 0 Å². The highest BCUT2D eigenvalue weighted by atomic mass is 16.6. The topological polar surface area (TPSA) is 78.9 Å². The van der Waals surface area contributed by atoms with Gasteiger partial charge in [0.2, 0.25) is 0 Å². The average molecular weight is 970 g/mol. The van der Waals surface area contributed by atoms with Crippen molar-refractivity contribution in [3.63, 3.8) is 0 Å². The van der Waals surface area contributed by atoms with Crippen LogP contribution >= 0.6 is 0 Å². The molecule has 0 saturated heterocycles. The zero-order valence-corrected chi connectivity index (χ0v) is 46.3. The van der Waals surface area contributed by atoms with Crippen molar-refractivity contribution in [2.24, 2.45) is 0 Å². The normalized spacial score (nSPS) is 12.2. The average Bonchev–Trinajstić information content (AvgIpc) is 3.35. The third-order valence-electron chi connectivity index (χ3n) is 13.6. The highest BCUT2D eigenvalue weighted by Crippen LogP contribution is 2.16. The van der Waals surface area contributed by atoms with Gasteiger partial charge in [-0.15, -0.1) is 0 Å². The number of unbranched alkanes of at least 4 members (excludes halogenated alkanes) is 39. The highest BCUT2D eigenvalue weighted by molar-refractivity contribution is 5.71. The van der Waals surface area contributed by atoms with E-state index in [1.54, 1.807) is 0 Å². The molecule has 0 aromatic rings. The smallest absolute Gasteiger partial charge is 0.306 e. The van der Waals surface area contributed by atoms with E-state index >= 15 is 0 Å². The van der Waals surface area contributed by atoms with Gasteiger partial charge in [-0.25, -0.2) is 0 Å². The Balaban J connectivity index is 4.24. The van der Waals surface area contributed by atoms with E-state index in [0.29, 0.717) is 19.3 Å². The van der Waals surface area contributed by atoms with Crippen LogP contribution in [0, 0.1) is 0 Å². The van der Waals surface area contributed by atoms with Crippen molar-refractivity contribution in [1.29, 1.82) is 0 Å². The molecule has 1 atom stereocenters. The zero-order valence-electron chi connectivity index (χ0n) is 46.3. The van der Waals surface area contributed by atoms with Crippen LogP contribution in [0.25, 0.3) is 0 Å². The monoisotopic (exact) mass is 969 g/mol. The van der Waals surface area contributed by atoms with E-state index < -0.39 is 6.10 Å². The second-order valence-electron chi connectivity index (χ2n) is 20.6. The maximum atomic E-state index is 12.9. The highest BCUT2D eigenvalue weighted by Gasteiger charge is 2.19. The predicted molar refractivity (Wildman–Crippen MR) is 298 cm³/mol. The molecule has 0 aromatic carbocycles. The van der Waals surface area contributed by atoms with Gasteiger partial charge >= 0.3 is 17.9 Å². The van der Waals surface area contributed by atoms with Gasteiger partial charge in [0.05, 0.1) is 0 Å². The molecule has 0 heterocycles. The molecule has 404 valence electrons. The van der Waals surface area contributed by atoms with E-state index in [1.807, 2.05) is 0 Å². The predicted octanol–water partition coefficient (Wildman–Crippen LogP) is 20.4. The summed E-state index contributed by atoms with van der Waals surface area (Å²) < 4.78 is 16.9. The van der Waals surface area contributed by atoms with Crippen molar-refractivity contribution in [3.8, 4) is 0 Å². The van der Waals surface area contributed by atoms with Crippen LogP contribution in [0.4, 0.5) is 0 Å². The Morgan fingerprint density at radius 3 is 0.826 bits per heavy atom. The number of hydrogen-bond acceptors (Lipinski definition) is 6. The zero-order chi connectivity index (χ0) is 50.0. The van der Waals surface area contributed by atoms with Gasteiger partial charge in [-0.2, -0.15) is 0 Å². The van der Waals surface area contributed by atoms with Crippen LogP contribution in [0.2, 0.25) is 0 Å². The quantitative estimate of drug-likeness (QED) is 0.0261. The molecule has 6 heteroatoms. The van der Waals surface area contributed by atoms with Crippen molar-refractivity contribution < 1.29 is 28.6 Å². The molecule has 0 N–H and O–H groups in total. The van der Waals surface area contributed by atoms with Crippen molar-refractivity contribution in [3.05, 3.63) is 36.5 Å². The fraction of sp³-hybridized carbons (Fsp3) is 0.857. The summed E-state index contributed by atoms with van der Waals surface area (Å²) in [6.07, 6.45) is 70.0. The lowest BCUT2D eigenvalue weighted by Crippen LogP contribution is -2.30. The molecule has 0 bridgehead atoms. The van der Waals surface area contributed by atoms with E-state index in [-0.39, 0.29) is 31.1 Å². The van der Waals surface area contributed by atoms with Crippen molar-refractivity contribution in [2.75, 3.05) is 13.2 Å². The van der Waals surface area contributed by atoms with Gasteiger partial charge in [0.15, 0.2) is 6.10 Å². The van der Waals surface area contributed by atoms with Gasteiger partial charge in [0.1, 0.15) is 13.2 Å². The van der Waals surface area contributed by atoms with Gasteiger partial charge in [-0.1, -0.05) is 269 Å². The molecule has 0 aliphatic heterocycles. The van der Waals surface area contributed by atoms with Gasteiger partial charge in [-0.3, -0.25) is 14.4 Å². The summed E-state index contributed by atoms with van der Waals surface area (Å²) in [6.45, 7) is 6.65. The molecule has 0 aliphatic carbocycles. The van der Waals surface area contributed by atoms with Gasteiger partial charge in [-0.05, 0) is 77.0 Å². The molecular weight excluding hydrogens is 853 g/mol. The van der Waals surface area contributed by atoms with Crippen LogP contribution in [0.1, 0.15) is 329 Å². The standard InChI is InChI=1S/C63H116O6/c1-4-7-10-13-16-19-22-24-26-28-30-31-32-33-34-36-37-39-41-44-47-50-53-56-62(65)68-59-60(58-67-61(64)55-52-49-46-43-21-18-15-12-9-6-3)69-63(66)57-54-51-48-45-42-40-38-35-29-27-25-23-20-17-14-11-8-5-2/h20,23,27-30,60H,4-19,21-22,24-26,31-59H2,1-3H3/b23-20-,29-27-,30-28-. The lowest BCUT2D eigenvalue weighted by Gasteiger charge is -2.18. The first-order valence-corrected chi connectivity index (χ1v) is 30.5. The first-order chi connectivity index (χ1) is 34.0.